The van der Waals surface area contributed by atoms with E-state index in [1.807, 2.05) is 13.8 Å². The third-order valence-corrected chi connectivity index (χ3v) is 4.66. The smallest absolute Gasteiger partial charge is 0.338 e. The van der Waals surface area contributed by atoms with E-state index in [0.717, 1.165) is 16.3 Å². The molecule has 0 radical (unpaired) electrons. The number of nitrogens with zero attached hydrogens (tertiary/aromatic N) is 6. The highest BCUT2D eigenvalue weighted by atomic mass is 32.2. The van der Waals surface area contributed by atoms with Crippen LogP contribution < -0.4 is 0 Å². The molecule has 0 N–H and O–H groups in total. The highest BCUT2D eigenvalue weighted by Gasteiger charge is 2.32. The van der Waals surface area contributed by atoms with Gasteiger partial charge in [-0.1, -0.05) is 30.8 Å². The molecular weight excluding hydrogens is 381 g/mol. The van der Waals surface area contributed by atoms with Gasteiger partial charge in [0.15, 0.2) is 16.8 Å². The molecule has 3 rings (SSSR count). The summed E-state index contributed by atoms with van der Waals surface area (Å²) in [4.78, 5) is 8.16. The molecule has 11 heteroatoms. The first kappa shape index (κ1) is 19.3. The number of thioether (sulfide) groups is 1. The zero-order valence-electron chi connectivity index (χ0n) is 14.8. The summed E-state index contributed by atoms with van der Waals surface area (Å²) in [5.41, 5.74) is 0.501. The Balaban J connectivity index is 1.91. The summed E-state index contributed by atoms with van der Waals surface area (Å²) in [6.07, 6.45) is -1.44. The van der Waals surface area contributed by atoms with Crippen LogP contribution in [0.5, 0.6) is 0 Å². The molecule has 0 saturated carbocycles. The summed E-state index contributed by atoms with van der Waals surface area (Å²) in [6, 6.07) is 3.17. The fraction of sp³-hybridized carbons (Fsp3) is 0.438. The van der Waals surface area contributed by atoms with Gasteiger partial charge in [0.25, 0.3) is 0 Å². The maximum absolute atomic E-state index is 13.1. The van der Waals surface area contributed by atoms with Gasteiger partial charge in [-0.15, -0.1) is 10.2 Å². The molecule has 0 aliphatic heterocycles. The second kappa shape index (κ2) is 7.67. The quantitative estimate of drug-likeness (QED) is 0.574. The maximum Gasteiger partial charge on any atom is 0.406 e. The summed E-state index contributed by atoms with van der Waals surface area (Å²) >= 11 is 1.08. The van der Waals surface area contributed by atoms with Crippen molar-refractivity contribution in [3.63, 3.8) is 0 Å². The first-order valence-corrected chi connectivity index (χ1v) is 9.03. The molecule has 3 aromatic rings. The second-order valence-electron chi connectivity index (χ2n) is 6.15. The van der Waals surface area contributed by atoms with Gasteiger partial charge in [0.2, 0.25) is 5.89 Å². The Morgan fingerprint density at radius 1 is 1.15 bits per heavy atom. The lowest BCUT2D eigenvalue weighted by Crippen LogP contribution is -2.19. The fourth-order valence-electron chi connectivity index (χ4n) is 2.27. The van der Waals surface area contributed by atoms with E-state index in [-0.39, 0.29) is 22.1 Å². The number of halogens is 3. The second-order valence-corrected chi connectivity index (χ2v) is 7.46. The molecule has 0 spiro atoms. The third-order valence-electron chi connectivity index (χ3n) is 3.60. The van der Waals surface area contributed by atoms with E-state index in [9.17, 15) is 13.2 Å². The molecule has 144 valence electrons. The van der Waals surface area contributed by atoms with E-state index in [2.05, 4.69) is 25.3 Å². The summed E-state index contributed by atoms with van der Waals surface area (Å²) in [5, 5.41) is 11.5. The predicted octanol–water partition coefficient (Wildman–Crippen LogP) is 4.26. The molecular formula is C16H17F3N6OS. The third kappa shape index (κ3) is 4.65. The minimum absolute atomic E-state index is 0.0897. The summed E-state index contributed by atoms with van der Waals surface area (Å²) in [5.74, 6) is 1.09. The molecule has 0 bridgehead atoms. The van der Waals surface area contributed by atoms with E-state index in [4.69, 9.17) is 4.52 Å². The molecule has 7 nitrogen and oxygen atoms in total. The van der Waals surface area contributed by atoms with Gasteiger partial charge < -0.3 is 4.52 Å². The standard InChI is InChI=1S/C16H17F3N6OS/c1-9(2)12-21-14(26-24-12)10(3)27-15-23-22-13(11-4-6-20-7-5-11)25(15)8-16(17,18)19/h4-7,9-10H,8H2,1-3H3. The van der Waals surface area contributed by atoms with Gasteiger partial charge in [-0.2, -0.15) is 18.2 Å². The van der Waals surface area contributed by atoms with E-state index < -0.39 is 12.7 Å². The largest absolute Gasteiger partial charge is 0.406 e. The number of alkyl halides is 3. The zero-order chi connectivity index (χ0) is 19.6. The lowest BCUT2D eigenvalue weighted by atomic mass is 10.2. The first-order valence-electron chi connectivity index (χ1n) is 8.15. The first-order chi connectivity index (χ1) is 12.7. The van der Waals surface area contributed by atoms with Crippen molar-refractivity contribution in [1.82, 2.24) is 29.9 Å². The summed E-state index contributed by atoms with van der Waals surface area (Å²) in [6.45, 7) is 4.41. The minimum Gasteiger partial charge on any atom is -0.338 e. The van der Waals surface area contributed by atoms with Gasteiger partial charge in [-0.3, -0.25) is 9.55 Å². The van der Waals surface area contributed by atoms with Gasteiger partial charge in [0, 0.05) is 23.9 Å². The molecule has 3 aromatic heterocycles. The average Bonchev–Trinajstić information content (AvgIpc) is 3.23. The van der Waals surface area contributed by atoms with Crippen LogP contribution >= 0.6 is 11.8 Å². The highest BCUT2D eigenvalue weighted by Crippen LogP contribution is 2.36. The summed E-state index contributed by atoms with van der Waals surface area (Å²) < 4.78 is 45.6. The van der Waals surface area contributed by atoms with Crippen molar-refractivity contribution >= 4 is 11.8 Å². The van der Waals surface area contributed by atoms with Crippen molar-refractivity contribution in [3.8, 4) is 11.4 Å². The lowest BCUT2D eigenvalue weighted by Gasteiger charge is -2.13. The van der Waals surface area contributed by atoms with Crippen molar-refractivity contribution in [2.24, 2.45) is 0 Å². The number of aromatic nitrogens is 6. The van der Waals surface area contributed by atoms with E-state index in [0.29, 0.717) is 17.3 Å². The molecule has 1 atom stereocenters. The van der Waals surface area contributed by atoms with Crippen LogP contribution in [-0.2, 0) is 6.54 Å². The van der Waals surface area contributed by atoms with Crippen molar-refractivity contribution in [1.29, 1.82) is 0 Å². The van der Waals surface area contributed by atoms with Crippen LogP contribution in [0.2, 0.25) is 0 Å². The normalized spacial score (nSPS) is 13.3. The highest BCUT2D eigenvalue weighted by molar-refractivity contribution is 7.99. The zero-order valence-corrected chi connectivity index (χ0v) is 15.6. The average molecular weight is 398 g/mol. The van der Waals surface area contributed by atoms with Crippen LogP contribution in [0.1, 0.15) is 43.7 Å². The van der Waals surface area contributed by atoms with Crippen LogP contribution in [0.4, 0.5) is 13.2 Å². The molecule has 0 amide bonds. The molecule has 0 fully saturated rings. The molecule has 27 heavy (non-hydrogen) atoms. The Kier molecular flexibility index (Phi) is 5.49. The molecule has 0 aromatic carbocycles. The molecule has 0 saturated heterocycles. The van der Waals surface area contributed by atoms with Crippen LogP contribution in [0.3, 0.4) is 0 Å². The maximum atomic E-state index is 13.1. The number of rotatable bonds is 6. The van der Waals surface area contributed by atoms with Gasteiger partial charge >= 0.3 is 6.18 Å². The number of hydrogen-bond donors (Lipinski definition) is 0. The summed E-state index contributed by atoms with van der Waals surface area (Å²) in [7, 11) is 0. The predicted molar refractivity (Wildman–Crippen MR) is 92.0 cm³/mol. The topological polar surface area (TPSA) is 82.5 Å². The Hall–Kier alpha value is -2.43. The Morgan fingerprint density at radius 3 is 2.44 bits per heavy atom. The van der Waals surface area contributed by atoms with Crippen LogP contribution in [0.25, 0.3) is 11.4 Å². The van der Waals surface area contributed by atoms with Crippen molar-refractivity contribution in [2.45, 2.75) is 49.8 Å². The molecule has 1 unspecified atom stereocenters. The van der Waals surface area contributed by atoms with Gasteiger partial charge in [0.1, 0.15) is 6.54 Å². The van der Waals surface area contributed by atoms with E-state index in [1.165, 1.54) is 12.4 Å². The SMILES string of the molecule is CC(C)c1noc(C(C)Sc2nnc(-c3ccncc3)n2CC(F)(F)F)n1. The Morgan fingerprint density at radius 2 is 1.85 bits per heavy atom. The number of pyridine rings is 1. The van der Waals surface area contributed by atoms with E-state index in [1.54, 1.807) is 19.1 Å². The van der Waals surface area contributed by atoms with Gasteiger partial charge in [-0.05, 0) is 19.1 Å². The van der Waals surface area contributed by atoms with Crippen molar-refractivity contribution in [3.05, 3.63) is 36.2 Å². The van der Waals surface area contributed by atoms with Crippen LogP contribution in [0.15, 0.2) is 34.2 Å². The molecule has 3 heterocycles. The Labute approximate surface area is 157 Å². The van der Waals surface area contributed by atoms with Crippen LogP contribution in [0, 0.1) is 0 Å². The van der Waals surface area contributed by atoms with Crippen molar-refractivity contribution < 1.29 is 17.7 Å². The van der Waals surface area contributed by atoms with Gasteiger partial charge in [0.05, 0.1) is 5.25 Å². The Bertz CT molecular complexity index is 893. The molecule has 0 aliphatic rings. The lowest BCUT2D eigenvalue weighted by molar-refractivity contribution is -0.141. The van der Waals surface area contributed by atoms with Crippen molar-refractivity contribution in [2.75, 3.05) is 0 Å². The van der Waals surface area contributed by atoms with E-state index >= 15 is 0 Å². The monoisotopic (exact) mass is 398 g/mol. The number of hydrogen-bond acceptors (Lipinski definition) is 7. The minimum atomic E-state index is -4.42. The molecule has 0 aliphatic carbocycles. The van der Waals surface area contributed by atoms with Crippen LogP contribution in [-0.4, -0.2) is 36.1 Å². The van der Waals surface area contributed by atoms with Gasteiger partial charge in [-0.25, -0.2) is 0 Å². The fourth-order valence-corrected chi connectivity index (χ4v) is 3.15.